The molecule has 0 bridgehead atoms. The van der Waals surface area contributed by atoms with E-state index in [2.05, 4.69) is 10.3 Å². The lowest BCUT2D eigenvalue weighted by Crippen LogP contribution is -2.09. The molecule has 0 aliphatic rings. The van der Waals surface area contributed by atoms with Crippen LogP contribution in [0.15, 0.2) is 48.8 Å². The molecule has 1 aromatic heterocycles. The number of aryl methyl sites for hydroxylation is 1. The predicted octanol–water partition coefficient (Wildman–Crippen LogP) is 2.62. The van der Waals surface area contributed by atoms with Crippen LogP contribution in [-0.2, 0) is 4.79 Å². The van der Waals surface area contributed by atoms with Gasteiger partial charge < -0.3 is 11.1 Å². The molecule has 0 radical (unpaired) electrons. The number of aromatic nitrogens is 1. The van der Waals surface area contributed by atoms with Crippen molar-refractivity contribution in [3.63, 3.8) is 0 Å². The summed E-state index contributed by atoms with van der Waals surface area (Å²) in [7, 11) is 0. The summed E-state index contributed by atoms with van der Waals surface area (Å²) in [5, 5.41) is 2.78. The highest BCUT2D eigenvalue weighted by Crippen LogP contribution is 2.12. The average Bonchev–Trinajstić information content (AvgIpc) is 2.41. The number of anilines is 2. The molecule has 1 aromatic carbocycles. The van der Waals surface area contributed by atoms with Gasteiger partial charge >= 0.3 is 0 Å². The second kappa shape index (κ2) is 5.82. The first-order valence-electron chi connectivity index (χ1n) is 5.90. The summed E-state index contributed by atoms with van der Waals surface area (Å²) in [6.07, 6.45) is 6.54. The van der Waals surface area contributed by atoms with Crippen molar-refractivity contribution < 1.29 is 4.79 Å². The lowest BCUT2D eigenvalue weighted by Gasteiger charge is -2.04. The lowest BCUT2D eigenvalue weighted by atomic mass is 10.2. The van der Waals surface area contributed by atoms with E-state index in [1.165, 1.54) is 6.08 Å². The van der Waals surface area contributed by atoms with Gasteiger partial charge in [0.2, 0.25) is 5.91 Å². The zero-order valence-electron chi connectivity index (χ0n) is 10.6. The van der Waals surface area contributed by atoms with Gasteiger partial charge in [-0.15, -0.1) is 0 Å². The van der Waals surface area contributed by atoms with Crippen LogP contribution in [-0.4, -0.2) is 10.9 Å². The number of benzene rings is 1. The van der Waals surface area contributed by atoms with E-state index in [1.807, 2.05) is 25.1 Å². The third-order valence-electron chi connectivity index (χ3n) is 2.66. The maximum absolute atomic E-state index is 11.8. The molecule has 1 amide bonds. The van der Waals surface area contributed by atoms with Crippen LogP contribution in [0.4, 0.5) is 11.4 Å². The van der Waals surface area contributed by atoms with Crippen LogP contribution in [0.5, 0.6) is 0 Å². The number of nitrogens with zero attached hydrogens (tertiary/aromatic N) is 1. The van der Waals surface area contributed by atoms with Crippen molar-refractivity contribution in [1.29, 1.82) is 0 Å². The summed E-state index contributed by atoms with van der Waals surface area (Å²) >= 11 is 0. The number of hydrogen-bond acceptors (Lipinski definition) is 3. The SMILES string of the molecule is Cc1ccncc1NC(=O)/C=C/c1ccc(N)cc1. The Hall–Kier alpha value is -2.62. The molecule has 0 atom stereocenters. The Balaban J connectivity index is 2.02. The monoisotopic (exact) mass is 253 g/mol. The minimum atomic E-state index is -0.187. The molecule has 0 spiro atoms. The molecule has 0 saturated carbocycles. The van der Waals surface area contributed by atoms with Crippen LogP contribution >= 0.6 is 0 Å². The highest BCUT2D eigenvalue weighted by molar-refractivity contribution is 6.02. The van der Waals surface area contributed by atoms with Crippen LogP contribution in [0.3, 0.4) is 0 Å². The summed E-state index contributed by atoms with van der Waals surface area (Å²) in [5.74, 6) is -0.187. The van der Waals surface area contributed by atoms with Gasteiger partial charge in [-0.25, -0.2) is 0 Å². The van der Waals surface area contributed by atoms with E-state index < -0.39 is 0 Å². The average molecular weight is 253 g/mol. The maximum Gasteiger partial charge on any atom is 0.248 e. The molecule has 2 rings (SSSR count). The second-order valence-electron chi connectivity index (χ2n) is 4.18. The first kappa shape index (κ1) is 12.8. The van der Waals surface area contributed by atoms with E-state index in [0.29, 0.717) is 5.69 Å². The standard InChI is InChI=1S/C15H15N3O/c1-11-8-9-17-10-14(11)18-15(19)7-4-12-2-5-13(16)6-3-12/h2-10H,16H2,1H3,(H,18,19)/b7-4+. The molecule has 0 aliphatic heterocycles. The largest absolute Gasteiger partial charge is 0.399 e. The number of carbonyl (C=O) groups is 1. The first-order valence-corrected chi connectivity index (χ1v) is 5.90. The Morgan fingerprint density at radius 2 is 2.00 bits per heavy atom. The van der Waals surface area contributed by atoms with E-state index in [0.717, 1.165) is 16.8 Å². The van der Waals surface area contributed by atoms with Crippen molar-refractivity contribution in [2.24, 2.45) is 0 Å². The van der Waals surface area contributed by atoms with Gasteiger partial charge in [-0.2, -0.15) is 0 Å². The van der Waals surface area contributed by atoms with E-state index in [9.17, 15) is 4.79 Å². The van der Waals surface area contributed by atoms with Crippen LogP contribution in [0.2, 0.25) is 0 Å². The Bertz CT molecular complexity index is 603. The van der Waals surface area contributed by atoms with Crippen LogP contribution in [0.25, 0.3) is 6.08 Å². The molecular formula is C15H15N3O. The number of rotatable bonds is 3. The third kappa shape index (κ3) is 3.67. The minimum absolute atomic E-state index is 0.187. The van der Waals surface area contributed by atoms with Crippen molar-refractivity contribution in [3.8, 4) is 0 Å². The highest BCUT2D eigenvalue weighted by Gasteiger charge is 2.00. The molecule has 0 saturated heterocycles. The molecule has 0 fully saturated rings. The smallest absolute Gasteiger partial charge is 0.248 e. The number of pyridine rings is 1. The van der Waals surface area contributed by atoms with E-state index in [1.54, 1.807) is 30.6 Å². The molecule has 96 valence electrons. The summed E-state index contributed by atoms with van der Waals surface area (Å²) in [4.78, 5) is 15.7. The van der Waals surface area contributed by atoms with Crippen LogP contribution in [0, 0.1) is 6.92 Å². The number of hydrogen-bond donors (Lipinski definition) is 2. The highest BCUT2D eigenvalue weighted by atomic mass is 16.1. The van der Waals surface area contributed by atoms with E-state index in [4.69, 9.17) is 5.73 Å². The maximum atomic E-state index is 11.8. The number of amides is 1. The summed E-state index contributed by atoms with van der Waals surface area (Å²) < 4.78 is 0. The fourth-order valence-electron chi connectivity index (χ4n) is 1.55. The van der Waals surface area contributed by atoms with Gasteiger partial charge in [0.25, 0.3) is 0 Å². The molecule has 0 unspecified atom stereocenters. The lowest BCUT2D eigenvalue weighted by molar-refractivity contribution is -0.111. The van der Waals surface area contributed by atoms with Gasteiger partial charge in [-0.1, -0.05) is 12.1 Å². The number of nitrogen functional groups attached to an aromatic ring is 1. The number of carbonyl (C=O) groups excluding carboxylic acids is 1. The number of nitrogens with one attached hydrogen (secondary N) is 1. The van der Waals surface area contributed by atoms with Gasteiger partial charge in [-0.05, 0) is 42.3 Å². The quantitative estimate of drug-likeness (QED) is 0.652. The Labute approximate surface area is 112 Å². The van der Waals surface area contributed by atoms with Crippen LogP contribution in [0.1, 0.15) is 11.1 Å². The summed E-state index contributed by atoms with van der Waals surface area (Å²) in [6, 6.07) is 9.15. The Morgan fingerprint density at radius 3 is 2.68 bits per heavy atom. The van der Waals surface area contributed by atoms with Crippen molar-refractivity contribution >= 4 is 23.4 Å². The molecule has 0 aliphatic carbocycles. The zero-order chi connectivity index (χ0) is 13.7. The molecule has 1 heterocycles. The molecule has 4 nitrogen and oxygen atoms in total. The second-order valence-corrected chi connectivity index (χ2v) is 4.18. The first-order chi connectivity index (χ1) is 9.15. The fraction of sp³-hybridized carbons (Fsp3) is 0.0667. The van der Waals surface area contributed by atoms with Crippen LogP contribution < -0.4 is 11.1 Å². The van der Waals surface area contributed by atoms with Gasteiger partial charge in [0.05, 0.1) is 11.9 Å². The minimum Gasteiger partial charge on any atom is -0.399 e. The number of nitrogens with two attached hydrogens (primary N) is 1. The molecular weight excluding hydrogens is 238 g/mol. The predicted molar refractivity (Wildman–Crippen MR) is 77.5 cm³/mol. The van der Waals surface area contributed by atoms with E-state index in [-0.39, 0.29) is 5.91 Å². The van der Waals surface area contributed by atoms with Gasteiger partial charge in [0, 0.05) is 18.0 Å². The molecule has 19 heavy (non-hydrogen) atoms. The fourth-order valence-corrected chi connectivity index (χ4v) is 1.55. The van der Waals surface area contributed by atoms with Crippen molar-refractivity contribution in [2.75, 3.05) is 11.1 Å². The topological polar surface area (TPSA) is 68.0 Å². The normalized spacial score (nSPS) is 10.6. The molecule has 4 heteroatoms. The zero-order valence-corrected chi connectivity index (χ0v) is 10.6. The van der Waals surface area contributed by atoms with E-state index >= 15 is 0 Å². The molecule has 2 aromatic rings. The summed E-state index contributed by atoms with van der Waals surface area (Å²) in [6.45, 7) is 1.92. The van der Waals surface area contributed by atoms with Crippen molar-refractivity contribution in [2.45, 2.75) is 6.92 Å². The van der Waals surface area contributed by atoms with Crippen molar-refractivity contribution in [3.05, 3.63) is 59.9 Å². The Morgan fingerprint density at radius 1 is 1.26 bits per heavy atom. The van der Waals surface area contributed by atoms with Gasteiger partial charge in [0.15, 0.2) is 0 Å². The molecule has 3 N–H and O–H groups in total. The summed E-state index contributed by atoms with van der Waals surface area (Å²) in [5.41, 5.74) is 8.91. The third-order valence-corrected chi connectivity index (χ3v) is 2.66. The van der Waals surface area contributed by atoms with Gasteiger partial charge in [-0.3, -0.25) is 9.78 Å². The van der Waals surface area contributed by atoms with Crippen molar-refractivity contribution in [1.82, 2.24) is 4.98 Å². The van der Waals surface area contributed by atoms with Gasteiger partial charge in [0.1, 0.15) is 0 Å². The Kier molecular flexibility index (Phi) is 3.93.